The Morgan fingerprint density at radius 3 is 2.32 bits per heavy atom. The highest BCUT2D eigenvalue weighted by Crippen LogP contribution is 2.35. The van der Waals surface area contributed by atoms with Gasteiger partial charge in [0.05, 0.1) is 12.2 Å². The van der Waals surface area contributed by atoms with Crippen LogP contribution in [0.4, 0.5) is 11.4 Å². The van der Waals surface area contributed by atoms with Gasteiger partial charge in [-0.15, -0.1) is 0 Å². The zero-order valence-electron chi connectivity index (χ0n) is 21.3. The molecule has 5 rings (SSSR count). The summed E-state index contributed by atoms with van der Waals surface area (Å²) in [6, 6.07) is 33.3. The maximum atomic E-state index is 13.1. The summed E-state index contributed by atoms with van der Waals surface area (Å²) in [6.45, 7) is 2.70. The van der Waals surface area contributed by atoms with E-state index >= 15 is 0 Å². The molecule has 0 radical (unpaired) electrons. The number of fused-ring (bicyclic) bond motifs is 1. The van der Waals surface area contributed by atoms with Gasteiger partial charge in [-0.25, -0.2) is 0 Å². The van der Waals surface area contributed by atoms with Crippen molar-refractivity contribution in [3.63, 3.8) is 0 Å². The van der Waals surface area contributed by atoms with Crippen molar-refractivity contribution in [2.75, 3.05) is 30.0 Å². The summed E-state index contributed by atoms with van der Waals surface area (Å²) in [5.41, 5.74) is 4.58. The third-order valence-electron chi connectivity index (χ3n) is 6.55. The first-order valence-corrected chi connectivity index (χ1v) is 12.7. The van der Waals surface area contributed by atoms with Gasteiger partial charge in [-0.1, -0.05) is 72.8 Å². The average molecular weight is 507 g/mol. The number of rotatable bonds is 9. The topological polar surface area (TPSA) is 67.9 Å². The van der Waals surface area contributed by atoms with Gasteiger partial charge in [-0.05, 0) is 47.9 Å². The lowest BCUT2D eigenvalue weighted by Crippen LogP contribution is -2.41. The average Bonchev–Trinajstić information content (AvgIpc) is 2.94. The highest BCUT2D eigenvalue weighted by Gasteiger charge is 2.26. The summed E-state index contributed by atoms with van der Waals surface area (Å²) >= 11 is 0. The molecule has 0 aromatic heterocycles. The number of ether oxygens (including phenoxy) is 2. The number of hydrogen-bond donors (Lipinski definition) is 1. The number of aryl methyl sites for hydroxylation is 1. The molecule has 0 atom stereocenters. The van der Waals surface area contributed by atoms with Crippen LogP contribution < -0.4 is 19.7 Å². The molecule has 1 heterocycles. The van der Waals surface area contributed by atoms with Crippen LogP contribution >= 0.6 is 0 Å². The molecule has 6 nitrogen and oxygen atoms in total. The molecule has 0 saturated heterocycles. The smallest absolute Gasteiger partial charge is 0.265 e. The standard InChI is InChI=1S/C32H30N2O4/c1-23-9-8-14-27(19-23)37-18-17-34-29-16-15-26(20-30(29)38-22-32(34)36)33-31(35)21-28(24-10-4-2-5-11-24)25-12-6-3-7-13-25/h2-16,19-20,28H,17-18,21-22H2,1H3,(H,33,35). The maximum absolute atomic E-state index is 13.1. The molecule has 1 aliphatic heterocycles. The minimum atomic E-state index is -0.129. The molecule has 0 aliphatic carbocycles. The van der Waals surface area contributed by atoms with Crippen molar-refractivity contribution in [1.29, 1.82) is 0 Å². The molecular weight excluding hydrogens is 476 g/mol. The van der Waals surface area contributed by atoms with E-state index in [1.54, 1.807) is 23.1 Å². The van der Waals surface area contributed by atoms with Gasteiger partial charge in [0.1, 0.15) is 18.1 Å². The summed E-state index contributed by atoms with van der Waals surface area (Å²) in [5, 5.41) is 3.01. The van der Waals surface area contributed by atoms with Crippen molar-refractivity contribution in [1.82, 2.24) is 0 Å². The fraction of sp³-hybridized carbons (Fsp3) is 0.188. The van der Waals surface area contributed by atoms with Crippen LogP contribution in [-0.2, 0) is 9.59 Å². The molecule has 4 aromatic rings. The first kappa shape index (κ1) is 25.1. The number of anilines is 2. The Morgan fingerprint density at radius 1 is 0.921 bits per heavy atom. The van der Waals surface area contributed by atoms with Gasteiger partial charge in [0.2, 0.25) is 5.91 Å². The minimum absolute atomic E-state index is 0.0566. The molecule has 0 bridgehead atoms. The van der Waals surface area contributed by atoms with Crippen LogP contribution in [0.1, 0.15) is 29.0 Å². The molecule has 38 heavy (non-hydrogen) atoms. The summed E-state index contributed by atoms with van der Waals surface area (Å²) < 4.78 is 11.6. The van der Waals surface area contributed by atoms with Crippen LogP contribution in [0.3, 0.4) is 0 Å². The van der Waals surface area contributed by atoms with Crippen molar-refractivity contribution < 1.29 is 19.1 Å². The van der Waals surface area contributed by atoms with Crippen LogP contribution in [-0.4, -0.2) is 31.6 Å². The Labute approximate surface area is 222 Å². The number of carbonyl (C=O) groups is 2. The normalized spacial score (nSPS) is 12.6. The monoisotopic (exact) mass is 506 g/mol. The summed E-state index contributed by atoms with van der Waals surface area (Å²) in [6.07, 6.45) is 0.298. The van der Waals surface area contributed by atoms with E-state index in [0.717, 1.165) is 22.4 Å². The first-order chi connectivity index (χ1) is 18.6. The Bertz CT molecular complexity index is 1370. The van der Waals surface area contributed by atoms with E-state index in [4.69, 9.17) is 9.47 Å². The fourth-order valence-electron chi connectivity index (χ4n) is 4.68. The van der Waals surface area contributed by atoms with Gasteiger partial charge < -0.3 is 19.7 Å². The zero-order valence-corrected chi connectivity index (χ0v) is 21.3. The van der Waals surface area contributed by atoms with Gasteiger partial charge >= 0.3 is 0 Å². The molecule has 0 saturated carbocycles. The van der Waals surface area contributed by atoms with Crippen LogP contribution in [0.2, 0.25) is 0 Å². The number of amides is 2. The molecule has 1 aliphatic rings. The Kier molecular flexibility index (Phi) is 7.69. The van der Waals surface area contributed by atoms with Gasteiger partial charge in [-0.2, -0.15) is 0 Å². The first-order valence-electron chi connectivity index (χ1n) is 12.7. The van der Waals surface area contributed by atoms with Gasteiger partial charge in [0.15, 0.2) is 6.61 Å². The molecular formula is C32H30N2O4. The van der Waals surface area contributed by atoms with Crippen LogP contribution in [0.15, 0.2) is 103 Å². The quantitative estimate of drug-likeness (QED) is 0.304. The second kappa shape index (κ2) is 11.6. The highest BCUT2D eigenvalue weighted by atomic mass is 16.5. The van der Waals surface area contributed by atoms with Crippen LogP contribution in [0.25, 0.3) is 0 Å². The third kappa shape index (κ3) is 6.03. The maximum Gasteiger partial charge on any atom is 0.265 e. The minimum Gasteiger partial charge on any atom is -0.492 e. The molecule has 2 amide bonds. The van der Waals surface area contributed by atoms with E-state index in [2.05, 4.69) is 5.32 Å². The summed E-state index contributed by atoms with van der Waals surface area (Å²) in [4.78, 5) is 27.4. The second-order valence-electron chi connectivity index (χ2n) is 9.31. The number of carbonyl (C=O) groups excluding carboxylic acids is 2. The van der Waals surface area contributed by atoms with E-state index in [1.165, 1.54) is 0 Å². The zero-order chi connectivity index (χ0) is 26.3. The van der Waals surface area contributed by atoms with Crippen molar-refractivity contribution in [2.45, 2.75) is 19.3 Å². The van der Waals surface area contributed by atoms with E-state index in [0.29, 0.717) is 36.7 Å². The predicted octanol–water partition coefficient (Wildman–Crippen LogP) is 5.96. The molecule has 0 spiro atoms. The largest absolute Gasteiger partial charge is 0.492 e. The summed E-state index contributed by atoms with van der Waals surface area (Å²) in [7, 11) is 0. The molecule has 6 heteroatoms. The van der Waals surface area contributed by atoms with Gasteiger partial charge in [-0.3, -0.25) is 9.59 Å². The van der Waals surface area contributed by atoms with Crippen LogP contribution in [0.5, 0.6) is 11.5 Å². The lowest BCUT2D eigenvalue weighted by molar-refractivity contribution is -0.121. The van der Waals surface area contributed by atoms with E-state index < -0.39 is 0 Å². The van der Waals surface area contributed by atoms with E-state index in [1.807, 2.05) is 91.9 Å². The fourth-order valence-corrected chi connectivity index (χ4v) is 4.68. The van der Waals surface area contributed by atoms with Crippen molar-refractivity contribution in [3.8, 4) is 11.5 Å². The molecule has 192 valence electrons. The Balaban J connectivity index is 1.26. The number of hydrogen-bond acceptors (Lipinski definition) is 4. The summed E-state index contributed by atoms with van der Waals surface area (Å²) in [5.74, 6) is 1.04. The van der Waals surface area contributed by atoms with Gasteiger partial charge in [0, 0.05) is 24.1 Å². The molecule has 1 N–H and O–H groups in total. The van der Waals surface area contributed by atoms with Crippen molar-refractivity contribution in [2.24, 2.45) is 0 Å². The lowest BCUT2D eigenvalue weighted by Gasteiger charge is -2.29. The number of nitrogens with one attached hydrogen (secondary N) is 1. The SMILES string of the molecule is Cc1cccc(OCCN2C(=O)COc3cc(NC(=O)CC(c4ccccc4)c4ccccc4)ccc32)c1. The third-order valence-corrected chi connectivity index (χ3v) is 6.55. The number of nitrogens with zero attached hydrogens (tertiary/aromatic N) is 1. The van der Waals surface area contributed by atoms with Crippen molar-refractivity contribution >= 4 is 23.2 Å². The number of benzene rings is 4. The molecule has 4 aromatic carbocycles. The van der Waals surface area contributed by atoms with E-state index in [-0.39, 0.29) is 24.3 Å². The Hall–Kier alpha value is -4.58. The lowest BCUT2D eigenvalue weighted by atomic mass is 9.88. The predicted molar refractivity (Wildman–Crippen MR) is 149 cm³/mol. The Morgan fingerprint density at radius 2 is 1.63 bits per heavy atom. The van der Waals surface area contributed by atoms with Crippen LogP contribution in [0, 0.1) is 6.92 Å². The van der Waals surface area contributed by atoms with Gasteiger partial charge in [0.25, 0.3) is 5.91 Å². The van der Waals surface area contributed by atoms with E-state index in [9.17, 15) is 9.59 Å². The highest BCUT2D eigenvalue weighted by molar-refractivity contribution is 5.99. The molecule has 0 fully saturated rings. The molecule has 0 unspecified atom stereocenters. The van der Waals surface area contributed by atoms with Crippen molar-refractivity contribution in [3.05, 3.63) is 120 Å². The second-order valence-corrected chi connectivity index (χ2v) is 9.31.